The summed E-state index contributed by atoms with van der Waals surface area (Å²) in [6.07, 6.45) is -5.91. The van der Waals surface area contributed by atoms with Crippen LogP contribution in [0, 0.1) is 22.7 Å². The number of aliphatic carboxylic acids is 1. The van der Waals surface area contributed by atoms with Crippen LogP contribution in [-0.2, 0) is 31.6 Å². The van der Waals surface area contributed by atoms with Crippen molar-refractivity contribution in [3.8, 4) is 12.1 Å². The molecule has 1 fully saturated rings. The second-order valence-corrected chi connectivity index (χ2v) is 9.24. The fraction of sp³-hybridized carbons (Fsp3) is 0.522. The quantitative estimate of drug-likeness (QED) is 0.387. The number of carbonyl (C=O) groups is 1. The molecule has 0 amide bonds. The number of carboxylic acids is 1. The highest BCUT2D eigenvalue weighted by molar-refractivity contribution is 5.73. The molecule has 2 heterocycles. The summed E-state index contributed by atoms with van der Waals surface area (Å²) < 4.78 is 12.3. The summed E-state index contributed by atoms with van der Waals surface area (Å²) in [5.41, 5.74) is -0.265. The molecule has 1 aliphatic rings. The van der Waals surface area contributed by atoms with E-state index >= 15 is 0 Å². The molecule has 3 rings (SSSR count). The minimum absolute atomic E-state index is 0.333. The molecule has 2 unspecified atom stereocenters. The molecule has 6 atom stereocenters. The van der Waals surface area contributed by atoms with Crippen molar-refractivity contribution in [3.63, 3.8) is 0 Å². The minimum Gasteiger partial charge on any atom is -0.479 e. The first-order valence-electron chi connectivity index (χ1n) is 10.8. The first-order chi connectivity index (χ1) is 16.4. The Labute approximate surface area is 201 Å². The average molecular weight is 485 g/mol. The molecular formula is C23H27N5O7. The Morgan fingerprint density at radius 1 is 1.11 bits per heavy atom. The molecule has 1 aromatic carbocycles. The zero-order valence-corrected chi connectivity index (χ0v) is 19.4. The van der Waals surface area contributed by atoms with Crippen molar-refractivity contribution < 1.29 is 34.7 Å². The van der Waals surface area contributed by atoms with Crippen LogP contribution in [0.3, 0.4) is 0 Å². The molecule has 2 aromatic rings. The van der Waals surface area contributed by atoms with E-state index in [9.17, 15) is 35.7 Å². The average Bonchev–Trinajstić information content (AvgIpc) is 3.34. The summed E-state index contributed by atoms with van der Waals surface area (Å²) in [6, 6.07) is 9.75. The summed E-state index contributed by atoms with van der Waals surface area (Å²) in [5, 5.41) is 63.1. The molecule has 35 heavy (non-hydrogen) atoms. The van der Waals surface area contributed by atoms with E-state index in [0.717, 1.165) is 5.56 Å². The van der Waals surface area contributed by atoms with Gasteiger partial charge in [0.1, 0.15) is 36.4 Å². The summed E-state index contributed by atoms with van der Waals surface area (Å²) >= 11 is 0. The van der Waals surface area contributed by atoms with Crippen molar-refractivity contribution in [1.82, 2.24) is 14.8 Å². The fourth-order valence-electron chi connectivity index (χ4n) is 3.65. The lowest BCUT2D eigenvalue weighted by Gasteiger charge is -2.39. The zero-order valence-electron chi connectivity index (χ0n) is 19.4. The third-order valence-corrected chi connectivity index (χ3v) is 6.04. The van der Waals surface area contributed by atoms with E-state index in [0.29, 0.717) is 17.7 Å². The van der Waals surface area contributed by atoms with Gasteiger partial charge in [-0.2, -0.15) is 15.6 Å². The van der Waals surface area contributed by atoms with E-state index in [-0.39, 0.29) is 6.61 Å². The molecule has 0 saturated carbocycles. The molecule has 12 nitrogen and oxygen atoms in total. The van der Waals surface area contributed by atoms with Crippen LogP contribution in [0.4, 0.5) is 0 Å². The van der Waals surface area contributed by atoms with Gasteiger partial charge < -0.3 is 29.9 Å². The monoisotopic (exact) mass is 485 g/mol. The summed E-state index contributed by atoms with van der Waals surface area (Å²) in [6.45, 7) is 5.06. The lowest BCUT2D eigenvalue weighted by molar-refractivity contribution is -0.295. The lowest BCUT2D eigenvalue weighted by Crippen LogP contribution is -2.60. The Hall–Kier alpha value is -3.39. The van der Waals surface area contributed by atoms with E-state index in [2.05, 4.69) is 22.2 Å². The van der Waals surface area contributed by atoms with Crippen LogP contribution in [0.5, 0.6) is 0 Å². The largest absolute Gasteiger partial charge is 0.479 e. The minimum atomic E-state index is -1.85. The van der Waals surface area contributed by atoms with Crippen molar-refractivity contribution in [3.05, 3.63) is 47.5 Å². The third-order valence-electron chi connectivity index (χ3n) is 6.04. The van der Waals surface area contributed by atoms with Crippen LogP contribution in [0.25, 0.3) is 0 Å². The number of hydrogen-bond donors (Lipinski definition) is 4. The molecule has 1 aliphatic heterocycles. The van der Waals surface area contributed by atoms with Crippen LogP contribution in [0.1, 0.15) is 37.5 Å². The molecule has 0 aliphatic carbocycles. The van der Waals surface area contributed by atoms with Crippen molar-refractivity contribution >= 4 is 5.97 Å². The van der Waals surface area contributed by atoms with Gasteiger partial charge in [-0.25, -0.2) is 14.5 Å². The van der Waals surface area contributed by atoms with Gasteiger partial charge in [-0.15, -0.1) is 0 Å². The van der Waals surface area contributed by atoms with Crippen LogP contribution in [0.15, 0.2) is 30.9 Å². The lowest BCUT2D eigenvalue weighted by atomic mass is 9.78. The fourth-order valence-corrected chi connectivity index (χ4v) is 3.65. The summed E-state index contributed by atoms with van der Waals surface area (Å²) in [5.74, 6) is -1.54. The van der Waals surface area contributed by atoms with Crippen LogP contribution in [-0.4, -0.2) is 78.5 Å². The Balaban J connectivity index is 1.92. The molecule has 0 bridgehead atoms. The van der Waals surface area contributed by atoms with Gasteiger partial charge >= 0.3 is 5.97 Å². The van der Waals surface area contributed by atoms with E-state index in [1.165, 1.54) is 12.7 Å². The van der Waals surface area contributed by atoms with Crippen molar-refractivity contribution in [1.29, 1.82) is 10.5 Å². The van der Waals surface area contributed by atoms with Gasteiger partial charge in [0.15, 0.2) is 12.4 Å². The Morgan fingerprint density at radius 3 is 2.37 bits per heavy atom. The number of aliphatic hydroxyl groups excluding tert-OH is 3. The molecule has 1 saturated heterocycles. The van der Waals surface area contributed by atoms with E-state index in [1.807, 2.05) is 6.07 Å². The number of hydrogen-bond acceptors (Lipinski definition) is 10. The number of carboxylic acid groups (broad SMARTS) is 1. The van der Waals surface area contributed by atoms with Crippen LogP contribution >= 0.6 is 0 Å². The predicted molar refractivity (Wildman–Crippen MR) is 117 cm³/mol. The number of benzene rings is 1. The zero-order chi connectivity index (χ0) is 26.0. The number of nitriles is 2. The number of aliphatic hydroxyl groups is 3. The Bertz CT molecular complexity index is 1140. The number of nitrogens with zero attached hydrogens (tertiary/aromatic N) is 5. The van der Waals surface area contributed by atoms with Crippen LogP contribution in [0.2, 0.25) is 0 Å². The van der Waals surface area contributed by atoms with Gasteiger partial charge in [0.05, 0.1) is 30.7 Å². The highest BCUT2D eigenvalue weighted by atomic mass is 16.7. The SMILES string of the molecule is CC(C)(C#N)c1cc(Cn2cncn2)cc(C(C)(C#N)COC2O[C@H](C(=O)O)[C@@H](O)[C@H](O)[C@H]2O)c1. The second kappa shape index (κ2) is 10.1. The van der Waals surface area contributed by atoms with Crippen LogP contribution < -0.4 is 0 Å². The topological polar surface area (TPSA) is 195 Å². The van der Waals surface area contributed by atoms with Crippen molar-refractivity contribution in [2.75, 3.05) is 6.61 Å². The van der Waals surface area contributed by atoms with Gasteiger partial charge in [0.25, 0.3) is 0 Å². The summed E-state index contributed by atoms with van der Waals surface area (Å²) in [7, 11) is 0. The van der Waals surface area contributed by atoms with Gasteiger partial charge in [0.2, 0.25) is 0 Å². The first-order valence-corrected chi connectivity index (χ1v) is 10.8. The van der Waals surface area contributed by atoms with Gasteiger partial charge in [-0.3, -0.25) is 0 Å². The van der Waals surface area contributed by atoms with Crippen molar-refractivity contribution in [2.24, 2.45) is 0 Å². The van der Waals surface area contributed by atoms with Gasteiger partial charge in [-0.05, 0) is 37.5 Å². The highest BCUT2D eigenvalue weighted by Gasteiger charge is 2.48. The molecule has 186 valence electrons. The molecular weight excluding hydrogens is 458 g/mol. The Kier molecular flexibility index (Phi) is 7.55. The molecule has 4 N–H and O–H groups in total. The molecule has 0 radical (unpaired) electrons. The van der Waals surface area contributed by atoms with E-state index in [1.54, 1.807) is 37.6 Å². The number of rotatable bonds is 8. The Morgan fingerprint density at radius 2 is 1.80 bits per heavy atom. The third kappa shape index (κ3) is 5.48. The number of ether oxygens (including phenoxy) is 2. The molecule has 0 spiro atoms. The van der Waals surface area contributed by atoms with Crippen molar-refractivity contribution in [2.45, 2.75) is 68.9 Å². The second-order valence-electron chi connectivity index (χ2n) is 9.24. The van der Waals surface area contributed by atoms with E-state index in [4.69, 9.17) is 9.47 Å². The maximum Gasteiger partial charge on any atom is 0.335 e. The molecule has 12 heteroatoms. The first kappa shape index (κ1) is 26.2. The predicted octanol–water partition coefficient (Wildman–Crippen LogP) is -0.182. The van der Waals surface area contributed by atoms with Gasteiger partial charge in [-0.1, -0.05) is 18.2 Å². The normalized spacial score (nSPS) is 26.3. The standard InChI is InChI=1S/C23H27N5O7/c1-22(2,8-24)14-4-13(7-28-12-26-11-27-28)5-15(6-14)23(3,9-25)10-34-21-18(31)16(29)17(30)19(35-21)20(32)33/h4-6,11-12,16-19,21,29-31H,7,10H2,1-3H3,(H,32,33)/t16-,17-,18+,19-,21?,23?/m0/s1. The smallest absolute Gasteiger partial charge is 0.335 e. The number of aromatic nitrogens is 3. The highest BCUT2D eigenvalue weighted by Crippen LogP contribution is 2.32. The molecule has 1 aromatic heterocycles. The maximum atomic E-state index is 11.3. The van der Waals surface area contributed by atoms with Gasteiger partial charge in [0, 0.05) is 0 Å². The summed E-state index contributed by atoms with van der Waals surface area (Å²) in [4.78, 5) is 15.3. The van der Waals surface area contributed by atoms with E-state index < -0.39 is 47.5 Å². The maximum absolute atomic E-state index is 11.3.